The van der Waals surface area contributed by atoms with Crippen LogP contribution in [0.4, 0.5) is 0 Å². The fourth-order valence-electron chi connectivity index (χ4n) is 2.57. The van der Waals surface area contributed by atoms with E-state index in [1.165, 1.54) is 0 Å². The Bertz CT molecular complexity index is 503. The highest BCUT2D eigenvalue weighted by Gasteiger charge is 2.48. The molecule has 1 aromatic heterocycles. The van der Waals surface area contributed by atoms with Crippen molar-refractivity contribution in [2.45, 2.75) is 52.8 Å². The third kappa shape index (κ3) is 4.31. The minimum Gasteiger partial charge on any atom is -0.381 e. The molecule has 1 fully saturated rings. The molecule has 0 saturated heterocycles. The van der Waals surface area contributed by atoms with Gasteiger partial charge in [-0.2, -0.15) is 4.98 Å². The number of halogens is 1. The van der Waals surface area contributed by atoms with Gasteiger partial charge in [0, 0.05) is 25.1 Å². The topological polar surface area (TPSA) is 84.6 Å². The smallest absolute Gasteiger partial charge is 0.248 e. The zero-order valence-corrected chi connectivity index (χ0v) is 16.2. The molecule has 0 aromatic carbocycles. The van der Waals surface area contributed by atoms with Crippen LogP contribution in [0.25, 0.3) is 0 Å². The summed E-state index contributed by atoms with van der Waals surface area (Å²) >= 11 is 0. The van der Waals surface area contributed by atoms with Crippen LogP contribution >= 0.6 is 24.0 Å². The van der Waals surface area contributed by atoms with E-state index in [0.717, 1.165) is 18.9 Å². The second kappa shape index (κ2) is 8.09. The Morgan fingerprint density at radius 3 is 2.73 bits per heavy atom. The third-order valence-corrected chi connectivity index (χ3v) is 4.06. The van der Waals surface area contributed by atoms with Crippen molar-refractivity contribution < 1.29 is 9.26 Å². The molecule has 2 atom stereocenters. The first-order chi connectivity index (χ1) is 9.97. The number of rotatable bonds is 5. The van der Waals surface area contributed by atoms with Gasteiger partial charge in [-0.1, -0.05) is 19.0 Å². The van der Waals surface area contributed by atoms with Crippen LogP contribution in [-0.4, -0.2) is 41.9 Å². The van der Waals surface area contributed by atoms with Crippen LogP contribution in [0.5, 0.6) is 0 Å². The van der Waals surface area contributed by atoms with Crippen molar-refractivity contribution >= 4 is 29.9 Å². The summed E-state index contributed by atoms with van der Waals surface area (Å²) in [5.41, 5.74) is 0.0893. The van der Waals surface area contributed by atoms with Crippen molar-refractivity contribution in [3.63, 3.8) is 0 Å². The number of nitrogens with zero attached hydrogens (tertiary/aromatic N) is 3. The van der Waals surface area contributed by atoms with Crippen LogP contribution in [0.2, 0.25) is 0 Å². The molecule has 0 bridgehead atoms. The number of hydrogen-bond donors (Lipinski definition) is 2. The van der Waals surface area contributed by atoms with Crippen molar-refractivity contribution in [3.8, 4) is 0 Å². The number of aryl methyl sites for hydroxylation is 1. The van der Waals surface area contributed by atoms with Gasteiger partial charge in [-0.15, -0.1) is 24.0 Å². The van der Waals surface area contributed by atoms with E-state index < -0.39 is 0 Å². The fraction of sp³-hybridized carbons (Fsp3) is 0.786. The summed E-state index contributed by atoms with van der Waals surface area (Å²) in [4.78, 5) is 8.64. The lowest BCUT2D eigenvalue weighted by Gasteiger charge is -2.51. The Hall–Kier alpha value is -0.900. The van der Waals surface area contributed by atoms with Gasteiger partial charge in [0.1, 0.15) is 6.54 Å². The average molecular weight is 423 g/mol. The van der Waals surface area contributed by atoms with Crippen molar-refractivity contribution in [1.29, 1.82) is 0 Å². The first kappa shape index (κ1) is 19.1. The second-order valence-electron chi connectivity index (χ2n) is 5.91. The summed E-state index contributed by atoms with van der Waals surface area (Å²) in [6.07, 6.45) is 1.27. The van der Waals surface area contributed by atoms with Crippen LogP contribution < -0.4 is 10.6 Å². The molecule has 1 aliphatic rings. The molecule has 0 radical (unpaired) electrons. The van der Waals surface area contributed by atoms with E-state index in [1.807, 2.05) is 6.92 Å². The highest BCUT2D eigenvalue weighted by molar-refractivity contribution is 14.0. The van der Waals surface area contributed by atoms with E-state index in [1.54, 1.807) is 14.0 Å². The zero-order valence-electron chi connectivity index (χ0n) is 13.8. The first-order valence-corrected chi connectivity index (χ1v) is 7.34. The van der Waals surface area contributed by atoms with Gasteiger partial charge in [-0.3, -0.25) is 0 Å². The van der Waals surface area contributed by atoms with Crippen molar-refractivity contribution in [2.24, 2.45) is 10.4 Å². The lowest BCUT2D eigenvalue weighted by molar-refractivity contribution is -0.0922. The normalized spacial score (nSPS) is 23.4. The molecule has 1 saturated carbocycles. The van der Waals surface area contributed by atoms with Crippen LogP contribution in [-0.2, 0) is 11.3 Å². The molecule has 1 aromatic rings. The molecular weight excluding hydrogens is 397 g/mol. The fourth-order valence-corrected chi connectivity index (χ4v) is 2.57. The lowest BCUT2D eigenvalue weighted by atomic mass is 9.64. The molecule has 0 aliphatic heterocycles. The molecule has 2 rings (SSSR count). The summed E-state index contributed by atoms with van der Waals surface area (Å²) in [5, 5.41) is 10.5. The first-order valence-electron chi connectivity index (χ1n) is 7.34. The Balaban J connectivity index is 0.00000242. The van der Waals surface area contributed by atoms with Gasteiger partial charge in [0.15, 0.2) is 11.8 Å². The molecule has 1 aliphatic carbocycles. The quantitative estimate of drug-likeness (QED) is 0.428. The summed E-state index contributed by atoms with van der Waals surface area (Å²) < 4.78 is 10.5. The predicted molar refractivity (Wildman–Crippen MR) is 95.4 cm³/mol. The van der Waals surface area contributed by atoms with Crippen molar-refractivity contribution in [1.82, 2.24) is 20.8 Å². The standard InChI is InChI=1S/C14H25N5O2.HI/c1-6-15-13(16-8-12-17-9(2)19-21-12)18-10-7-11(20-5)14(10,3)4;/h10-11H,6-8H2,1-5H3,(H2,15,16,18);1H. The summed E-state index contributed by atoms with van der Waals surface area (Å²) in [6, 6.07) is 0.338. The highest BCUT2D eigenvalue weighted by Crippen LogP contribution is 2.42. The highest BCUT2D eigenvalue weighted by atomic mass is 127. The Morgan fingerprint density at radius 2 is 2.23 bits per heavy atom. The Morgan fingerprint density at radius 1 is 1.50 bits per heavy atom. The molecule has 1 heterocycles. The van der Waals surface area contributed by atoms with E-state index in [9.17, 15) is 0 Å². The SMILES string of the molecule is CCNC(=NCc1nc(C)no1)NC1CC(OC)C1(C)C.I. The zero-order chi connectivity index (χ0) is 15.5. The van der Waals surface area contributed by atoms with Crippen LogP contribution in [0.1, 0.15) is 38.9 Å². The predicted octanol–water partition coefficient (Wildman–Crippen LogP) is 1.86. The monoisotopic (exact) mass is 423 g/mol. The van der Waals surface area contributed by atoms with Gasteiger partial charge in [-0.25, -0.2) is 4.99 Å². The molecule has 0 amide bonds. The number of aliphatic imine (C=N–C) groups is 1. The maximum atomic E-state index is 5.47. The summed E-state index contributed by atoms with van der Waals surface area (Å²) in [7, 11) is 1.76. The number of methoxy groups -OCH3 is 1. The van der Waals surface area contributed by atoms with Crippen molar-refractivity contribution in [3.05, 3.63) is 11.7 Å². The van der Waals surface area contributed by atoms with Gasteiger partial charge in [0.05, 0.1) is 6.10 Å². The van der Waals surface area contributed by atoms with Gasteiger partial charge in [0.2, 0.25) is 5.89 Å². The van der Waals surface area contributed by atoms with Crippen LogP contribution in [0.3, 0.4) is 0 Å². The largest absolute Gasteiger partial charge is 0.381 e. The average Bonchev–Trinajstić information content (AvgIpc) is 2.85. The number of ether oxygens (including phenoxy) is 1. The maximum Gasteiger partial charge on any atom is 0.248 e. The lowest BCUT2D eigenvalue weighted by Crippen LogP contribution is -2.63. The van der Waals surface area contributed by atoms with E-state index in [-0.39, 0.29) is 35.5 Å². The van der Waals surface area contributed by atoms with Crippen LogP contribution in [0, 0.1) is 12.3 Å². The molecule has 126 valence electrons. The van der Waals surface area contributed by atoms with Gasteiger partial charge < -0.3 is 19.9 Å². The number of guanidine groups is 1. The number of hydrogen-bond acceptors (Lipinski definition) is 5. The second-order valence-corrected chi connectivity index (χ2v) is 5.91. The molecule has 8 heteroatoms. The molecule has 22 heavy (non-hydrogen) atoms. The number of aromatic nitrogens is 2. The minimum atomic E-state index is 0. The van der Waals surface area contributed by atoms with Crippen LogP contribution in [0.15, 0.2) is 9.52 Å². The molecule has 0 spiro atoms. The van der Waals surface area contributed by atoms with E-state index in [0.29, 0.717) is 24.3 Å². The third-order valence-electron chi connectivity index (χ3n) is 4.06. The molecule has 2 N–H and O–H groups in total. The van der Waals surface area contributed by atoms with Gasteiger partial charge in [0.25, 0.3) is 0 Å². The van der Waals surface area contributed by atoms with Gasteiger partial charge in [-0.05, 0) is 20.3 Å². The molecule has 2 unspecified atom stereocenters. The summed E-state index contributed by atoms with van der Waals surface area (Å²) in [5.74, 6) is 1.91. The van der Waals surface area contributed by atoms with Gasteiger partial charge >= 0.3 is 0 Å². The molecular formula is C14H26IN5O2. The van der Waals surface area contributed by atoms with E-state index in [4.69, 9.17) is 9.26 Å². The minimum absolute atomic E-state index is 0. The van der Waals surface area contributed by atoms with Crippen molar-refractivity contribution in [2.75, 3.05) is 13.7 Å². The van der Waals surface area contributed by atoms with E-state index >= 15 is 0 Å². The van der Waals surface area contributed by atoms with E-state index in [2.05, 4.69) is 39.6 Å². The summed E-state index contributed by atoms with van der Waals surface area (Å²) in [6.45, 7) is 9.41. The number of nitrogens with one attached hydrogen (secondary N) is 2. The molecule has 7 nitrogen and oxygen atoms in total. The Kier molecular flexibility index (Phi) is 7.04. The maximum absolute atomic E-state index is 5.47. The Labute approximate surface area is 148 Å².